The number of halogens is 1. The topological polar surface area (TPSA) is 55.4 Å². The van der Waals surface area contributed by atoms with Crippen LogP contribution in [0.15, 0.2) is 47.4 Å². The molecule has 0 saturated heterocycles. The van der Waals surface area contributed by atoms with Gasteiger partial charge in [-0.1, -0.05) is 24.3 Å². The number of benzene rings is 2. The molecule has 118 valence electrons. The molecule has 0 radical (unpaired) electrons. The Morgan fingerprint density at radius 2 is 1.86 bits per heavy atom. The van der Waals surface area contributed by atoms with Gasteiger partial charge in [-0.25, -0.2) is 17.5 Å². The third kappa shape index (κ3) is 4.13. The first kappa shape index (κ1) is 16.6. The summed E-state index contributed by atoms with van der Waals surface area (Å²) in [4.78, 5) is 0.0851. The SMILES string of the molecule is COCc1cccc(CNS(=O)(=O)c2ccc(F)cc2C)c1. The maximum absolute atomic E-state index is 13.1. The molecule has 0 bridgehead atoms. The van der Waals surface area contributed by atoms with Crippen molar-refractivity contribution in [3.05, 3.63) is 65.0 Å². The highest BCUT2D eigenvalue weighted by Gasteiger charge is 2.16. The predicted octanol–water partition coefficient (Wildman–Crippen LogP) is 2.76. The maximum Gasteiger partial charge on any atom is 0.241 e. The van der Waals surface area contributed by atoms with Crippen LogP contribution in [0.3, 0.4) is 0 Å². The van der Waals surface area contributed by atoms with Crippen molar-refractivity contribution in [1.82, 2.24) is 4.72 Å². The van der Waals surface area contributed by atoms with Gasteiger partial charge in [0, 0.05) is 13.7 Å². The van der Waals surface area contributed by atoms with Crippen LogP contribution in [0.2, 0.25) is 0 Å². The Morgan fingerprint density at radius 1 is 1.14 bits per heavy atom. The molecule has 0 fully saturated rings. The molecular weight excluding hydrogens is 305 g/mol. The molecule has 2 aromatic carbocycles. The second kappa shape index (κ2) is 7.00. The van der Waals surface area contributed by atoms with Crippen LogP contribution in [0.1, 0.15) is 16.7 Å². The van der Waals surface area contributed by atoms with Crippen LogP contribution < -0.4 is 4.72 Å². The summed E-state index contributed by atoms with van der Waals surface area (Å²) in [6, 6.07) is 11.1. The Kier molecular flexibility index (Phi) is 5.28. The van der Waals surface area contributed by atoms with Crippen molar-refractivity contribution in [2.24, 2.45) is 0 Å². The largest absolute Gasteiger partial charge is 0.380 e. The minimum atomic E-state index is -3.68. The number of hydrogen-bond acceptors (Lipinski definition) is 3. The van der Waals surface area contributed by atoms with Crippen molar-refractivity contribution < 1.29 is 17.5 Å². The quantitative estimate of drug-likeness (QED) is 0.889. The van der Waals surface area contributed by atoms with E-state index in [2.05, 4.69) is 4.72 Å². The summed E-state index contributed by atoms with van der Waals surface area (Å²) in [6.45, 7) is 2.20. The van der Waals surface area contributed by atoms with E-state index >= 15 is 0 Å². The van der Waals surface area contributed by atoms with Gasteiger partial charge in [0.25, 0.3) is 0 Å². The molecule has 22 heavy (non-hydrogen) atoms. The lowest BCUT2D eigenvalue weighted by Crippen LogP contribution is -2.24. The van der Waals surface area contributed by atoms with Gasteiger partial charge in [0.15, 0.2) is 0 Å². The van der Waals surface area contributed by atoms with Crippen LogP contribution >= 0.6 is 0 Å². The lowest BCUT2D eigenvalue weighted by atomic mass is 10.1. The zero-order chi connectivity index (χ0) is 16.2. The average molecular weight is 323 g/mol. The molecule has 2 aromatic rings. The number of nitrogens with one attached hydrogen (secondary N) is 1. The normalized spacial score (nSPS) is 11.6. The number of aryl methyl sites for hydroxylation is 1. The molecule has 2 rings (SSSR count). The van der Waals surface area contributed by atoms with Crippen molar-refractivity contribution in [3.63, 3.8) is 0 Å². The van der Waals surface area contributed by atoms with Crippen molar-refractivity contribution >= 4 is 10.0 Å². The summed E-state index contributed by atoms with van der Waals surface area (Å²) in [5, 5.41) is 0. The van der Waals surface area contributed by atoms with Gasteiger partial charge in [0.1, 0.15) is 5.82 Å². The van der Waals surface area contributed by atoms with Crippen molar-refractivity contribution in [1.29, 1.82) is 0 Å². The van der Waals surface area contributed by atoms with Gasteiger partial charge in [-0.3, -0.25) is 0 Å². The maximum atomic E-state index is 13.1. The van der Waals surface area contributed by atoms with Crippen LogP contribution in [0.5, 0.6) is 0 Å². The molecule has 0 heterocycles. The second-order valence-corrected chi connectivity index (χ2v) is 6.72. The molecule has 0 amide bonds. The van der Waals surface area contributed by atoms with Crippen LogP contribution in [-0.2, 0) is 27.9 Å². The van der Waals surface area contributed by atoms with Gasteiger partial charge in [-0.05, 0) is 41.8 Å². The van der Waals surface area contributed by atoms with E-state index in [9.17, 15) is 12.8 Å². The van der Waals surface area contributed by atoms with Crippen molar-refractivity contribution in [2.45, 2.75) is 25.0 Å². The van der Waals surface area contributed by atoms with E-state index in [1.807, 2.05) is 24.3 Å². The Morgan fingerprint density at radius 3 is 2.55 bits per heavy atom. The molecule has 0 aliphatic carbocycles. The fourth-order valence-electron chi connectivity index (χ4n) is 2.17. The molecule has 6 heteroatoms. The van der Waals surface area contributed by atoms with E-state index in [1.54, 1.807) is 14.0 Å². The van der Waals surface area contributed by atoms with Crippen LogP contribution in [0, 0.1) is 12.7 Å². The lowest BCUT2D eigenvalue weighted by Gasteiger charge is -2.10. The first-order chi connectivity index (χ1) is 10.4. The minimum absolute atomic E-state index is 0.0851. The number of hydrogen-bond donors (Lipinski definition) is 1. The first-order valence-corrected chi connectivity index (χ1v) is 8.23. The number of methoxy groups -OCH3 is 1. The van der Waals surface area contributed by atoms with E-state index < -0.39 is 15.8 Å². The predicted molar refractivity (Wildman–Crippen MR) is 82.3 cm³/mol. The van der Waals surface area contributed by atoms with Crippen molar-refractivity contribution in [3.8, 4) is 0 Å². The second-order valence-electron chi connectivity index (χ2n) is 4.99. The number of sulfonamides is 1. The Labute approximate surface area is 130 Å². The van der Waals surface area contributed by atoms with E-state index in [4.69, 9.17) is 4.74 Å². The van der Waals surface area contributed by atoms with E-state index in [0.717, 1.165) is 17.2 Å². The van der Waals surface area contributed by atoms with E-state index in [-0.39, 0.29) is 11.4 Å². The highest BCUT2D eigenvalue weighted by atomic mass is 32.2. The summed E-state index contributed by atoms with van der Waals surface area (Å²) < 4.78 is 45.2. The third-order valence-electron chi connectivity index (χ3n) is 3.20. The summed E-state index contributed by atoms with van der Waals surface area (Å²) in [5.74, 6) is -0.455. The monoisotopic (exact) mass is 323 g/mol. The molecule has 1 N–H and O–H groups in total. The van der Waals surface area contributed by atoms with Crippen LogP contribution in [0.4, 0.5) is 4.39 Å². The number of ether oxygens (including phenoxy) is 1. The Hall–Kier alpha value is -1.76. The standard InChI is InChI=1S/C16H18FNO3S/c1-12-8-15(17)6-7-16(12)22(19,20)18-10-13-4-3-5-14(9-13)11-21-2/h3-9,18H,10-11H2,1-2H3. The molecule has 4 nitrogen and oxygen atoms in total. The van der Waals surface area contributed by atoms with Gasteiger partial charge in [-0.15, -0.1) is 0 Å². The third-order valence-corrected chi connectivity index (χ3v) is 4.76. The lowest BCUT2D eigenvalue weighted by molar-refractivity contribution is 0.185. The molecular formula is C16H18FNO3S. The fraction of sp³-hybridized carbons (Fsp3) is 0.250. The zero-order valence-electron chi connectivity index (χ0n) is 12.5. The zero-order valence-corrected chi connectivity index (χ0v) is 13.3. The summed E-state index contributed by atoms with van der Waals surface area (Å²) >= 11 is 0. The van der Waals surface area contributed by atoms with Crippen molar-refractivity contribution in [2.75, 3.05) is 7.11 Å². The highest BCUT2D eigenvalue weighted by Crippen LogP contribution is 2.16. The smallest absolute Gasteiger partial charge is 0.241 e. The van der Waals surface area contributed by atoms with Gasteiger partial charge in [0.05, 0.1) is 11.5 Å². The Balaban J connectivity index is 2.14. The molecule has 0 spiro atoms. The van der Waals surface area contributed by atoms with E-state index in [1.165, 1.54) is 12.1 Å². The minimum Gasteiger partial charge on any atom is -0.380 e. The van der Waals surface area contributed by atoms with Gasteiger partial charge < -0.3 is 4.74 Å². The van der Waals surface area contributed by atoms with Gasteiger partial charge in [-0.2, -0.15) is 0 Å². The molecule has 0 aliphatic rings. The number of rotatable bonds is 6. The molecule has 0 unspecified atom stereocenters. The Bertz CT molecular complexity index is 760. The highest BCUT2D eigenvalue weighted by molar-refractivity contribution is 7.89. The van der Waals surface area contributed by atoms with Crippen LogP contribution in [-0.4, -0.2) is 15.5 Å². The summed E-state index contributed by atoms with van der Waals surface area (Å²) in [6.07, 6.45) is 0. The first-order valence-electron chi connectivity index (χ1n) is 6.75. The van der Waals surface area contributed by atoms with E-state index in [0.29, 0.717) is 12.2 Å². The van der Waals surface area contributed by atoms with Crippen LogP contribution in [0.25, 0.3) is 0 Å². The molecule has 0 atom stereocenters. The average Bonchev–Trinajstić information content (AvgIpc) is 2.46. The summed E-state index contributed by atoms with van der Waals surface area (Å²) in [5.41, 5.74) is 2.18. The molecule has 0 aromatic heterocycles. The fourth-order valence-corrected chi connectivity index (χ4v) is 3.41. The van der Waals surface area contributed by atoms with Gasteiger partial charge >= 0.3 is 0 Å². The van der Waals surface area contributed by atoms with Gasteiger partial charge in [0.2, 0.25) is 10.0 Å². The summed E-state index contributed by atoms with van der Waals surface area (Å²) in [7, 11) is -2.08. The molecule has 0 saturated carbocycles. The molecule has 0 aliphatic heterocycles.